The fourth-order valence-electron chi connectivity index (χ4n) is 3.47. The summed E-state index contributed by atoms with van der Waals surface area (Å²) in [6.45, 7) is 7.75. The van der Waals surface area contributed by atoms with Gasteiger partial charge in [-0.1, -0.05) is 26.8 Å². The number of rotatable bonds is 8. The van der Waals surface area contributed by atoms with Crippen LogP contribution in [0.2, 0.25) is 0 Å². The first-order valence-corrected chi connectivity index (χ1v) is 10.7. The number of aromatic nitrogens is 2. The molecule has 34 heavy (non-hydrogen) atoms. The Balaban J connectivity index is 1.76. The summed E-state index contributed by atoms with van der Waals surface area (Å²) in [4.78, 5) is 32.6. The largest absolute Gasteiger partial charge is 0.507 e. The maximum Gasteiger partial charge on any atom is 0.339 e. The summed E-state index contributed by atoms with van der Waals surface area (Å²) in [7, 11) is 1.40. The lowest BCUT2D eigenvalue weighted by Gasteiger charge is -2.18. The Bertz CT molecular complexity index is 1210. The van der Waals surface area contributed by atoms with Crippen LogP contribution >= 0.6 is 0 Å². The number of para-hydroxylation sites is 1. The van der Waals surface area contributed by atoms with Gasteiger partial charge in [0, 0.05) is 29.9 Å². The van der Waals surface area contributed by atoms with Crippen molar-refractivity contribution in [1.82, 2.24) is 9.97 Å². The monoisotopic (exact) mass is 464 g/mol. The number of phenols is 1. The van der Waals surface area contributed by atoms with Crippen molar-refractivity contribution in [2.45, 2.75) is 40.7 Å². The predicted octanol–water partition coefficient (Wildman–Crippen LogP) is 5.06. The Morgan fingerprint density at radius 1 is 1.03 bits per heavy atom. The molecule has 0 aliphatic heterocycles. The molecule has 0 amide bonds. The fourth-order valence-corrected chi connectivity index (χ4v) is 3.47. The van der Waals surface area contributed by atoms with Crippen molar-refractivity contribution >= 4 is 11.8 Å². The minimum atomic E-state index is -1.10. The van der Waals surface area contributed by atoms with Gasteiger partial charge in [-0.25, -0.2) is 14.8 Å². The van der Waals surface area contributed by atoms with Crippen molar-refractivity contribution in [3.05, 3.63) is 65.0 Å². The van der Waals surface area contributed by atoms with Crippen molar-refractivity contribution in [3.63, 3.8) is 0 Å². The lowest BCUT2D eigenvalue weighted by atomic mass is 9.87. The van der Waals surface area contributed by atoms with Gasteiger partial charge in [-0.15, -0.1) is 0 Å². The van der Waals surface area contributed by atoms with E-state index in [1.807, 2.05) is 20.8 Å². The normalized spacial score (nSPS) is 11.2. The number of aromatic hydroxyl groups is 1. The minimum absolute atomic E-state index is 0.0238. The zero-order chi connectivity index (χ0) is 25.0. The van der Waals surface area contributed by atoms with Gasteiger partial charge < -0.3 is 19.7 Å². The Kier molecular flexibility index (Phi) is 7.20. The van der Waals surface area contributed by atoms with Crippen LogP contribution in [-0.2, 0) is 6.61 Å². The van der Waals surface area contributed by atoms with Crippen molar-refractivity contribution in [3.8, 4) is 28.6 Å². The highest BCUT2D eigenvalue weighted by molar-refractivity contribution is 5.99. The SMILES string of the molecule is COc1c(C(=O)O)cccc1-c1ncc(COc2ccc(C(=O)CC(C)(C)C)c(O)c2C)cn1. The number of carboxylic acid groups (broad SMARTS) is 1. The number of hydrogen-bond acceptors (Lipinski definition) is 7. The number of methoxy groups -OCH3 is 1. The number of Topliss-reactive ketones (excluding diaryl/α,β-unsaturated/α-hetero) is 1. The van der Waals surface area contributed by atoms with E-state index in [0.717, 1.165) is 0 Å². The predicted molar refractivity (Wildman–Crippen MR) is 127 cm³/mol. The van der Waals surface area contributed by atoms with Gasteiger partial charge in [-0.3, -0.25) is 4.79 Å². The fraction of sp³-hybridized carbons (Fsp3) is 0.308. The molecular formula is C26H28N2O6. The van der Waals surface area contributed by atoms with Gasteiger partial charge >= 0.3 is 5.97 Å². The standard InChI is InChI=1S/C26H28N2O6/c1-15-21(10-9-17(22(15)30)20(29)11-26(2,3)4)34-14-16-12-27-24(28-13-16)18-7-6-8-19(25(31)32)23(18)33-5/h6-10,12-13,30H,11,14H2,1-5H3,(H,31,32). The molecule has 178 valence electrons. The van der Waals surface area contributed by atoms with Crippen LogP contribution in [0, 0.1) is 12.3 Å². The Morgan fingerprint density at radius 3 is 2.29 bits per heavy atom. The molecule has 2 N–H and O–H groups in total. The molecule has 1 aromatic heterocycles. The van der Waals surface area contributed by atoms with E-state index in [4.69, 9.17) is 9.47 Å². The highest BCUT2D eigenvalue weighted by atomic mass is 16.5. The number of hydrogen-bond donors (Lipinski definition) is 2. The summed E-state index contributed by atoms with van der Waals surface area (Å²) >= 11 is 0. The number of carboxylic acids is 1. The average molecular weight is 465 g/mol. The van der Waals surface area contributed by atoms with Crippen LogP contribution in [0.3, 0.4) is 0 Å². The third kappa shape index (κ3) is 5.51. The van der Waals surface area contributed by atoms with Gasteiger partial charge in [0.15, 0.2) is 11.6 Å². The average Bonchev–Trinajstić information content (AvgIpc) is 2.78. The number of nitrogens with zero attached hydrogens (tertiary/aromatic N) is 2. The molecule has 0 aliphatic carbocycles. The molecule has 3 rings (SSSR count). The quantitative estimate of drug-likeness (QED) is 0.444. The van der Waals surface area contributed by atoms with Crippen LogP contribution in [0.5, 0.6) is 17.2 Å². The summed E-state index contributed by atoms with van der Waals surface area (Å²) in [5.41, 5.74) is 1.74. The topological polar surface area (TPSA) is 119 Å². The second kappa shape index (κ2) is 9.91. The summed E-state index contributed by atoms with van der Waals surface area (Å²) in [5, 5.41) is 19.9. The van der Waals surface area contributed by atoms with Crippen molar-refractivity contribution in [1.29, 1.82) is 0 Å². The third-order valence-corrected chi connectivity index (χ3v) is 5.16. The van der Waals surface area contributed by atoms with Crippen LogP contribution in [0.1, 0.15) is 59.0 Å². The number of carbonyl (C=O) groups is 2. The molecule has 0 spiro atoms. The summed E-state index contributed by atoms with van der Waals surface area (Å²) in [6, 6.07) is 7.99. The first-order valence-electron chi connectivity index (χ1n) is 10.7. The zero-order valence-corrected chi connectivity index (χ0v) is 19.9. The van der Waals surface area contributed by atoms with Gasteiger partial charge in [0.05, 0.1) is 18.2 Å². The van der Waals surface area contributed by atoms with Crippen molar-refractivity contribution in [2.75, 3.05) is 7.11 Å². The second-order valence-corrected chi connectivity index (χ2v) is 9.14. The number of carbonyl (C=O) groups excluding carboxylic acids is 1. The molecule has 0 saturated carbocycles. The highest BCUT2D eigenvalue weighted by Gasteiger charge is 2.22. The highest BCUT2D eigenvalue weighted by Crippen LogP contribution is 2.34. The first kappa shape index (κ1) is 24.7. The molecule has 0 saturated heterocycles. The smallest absolute Gasteiger partial charge is 0.339 e. The van der Waals surface area contributed by atoms with Gasteiger partial charge in [-0.05, 0) is 36.6 Å². The molecule has 2 aromatic carbocycles. The molecule has 3 aromatic rings. The van der Waals surface area contributed by atoms with Crippen LogP contribution in [0.4, 0.5) is 0 Å². The van der Waals surface area contributed by atoms with E-state index in [2.05, 4.69) is 9.97 Å². The van der Waals surface area contributed by atoms with E-state index in [9.17, 15) is 19.8 Å². The minimum Gasteiger partial charge on any atom is -0.507 e. The Hall–Kier alpha value is -3.94. The van der Waals surface area contributed by atoms with E-state index in [-0.39, 0.29) is 40.4 Å². The maximum absolute atomic E-state index is 12.5. The molecule has 0 aliphatic rings. The molecule has 0 fully saturated rings. The zero-order valence-electron chi connectivity index (χ0n) is 19.9. The van der Waals surface area contributed by atoms with Crippen molar-refractivity contribution in [2.24, 2.45) is 5.41 Å². The molecule has 0 unspecified atom stereocenters. The van der Waals surface area contributed by atoms with Crippen molar-refractivity contribution < 1.29 is 29.3 Å². The van der Waals surface area contributed by atoms with E-state index >= 15 is 0 Å². The summed E-state index contributed by atoms with van der Waals surface area (Å²) in [6.07, 6.45) is 3.47. The second-order valence-electron chi connectivity index (χ2n) is 9.14. The number of ether oxygens (including phenoxy) is 2. The maximum atomic E-state index is 12.5. The lowest BCUT2D eigenvalue weighted by molar-refractivity contribution is 0.0693. The third-order valence-electron chi connectivity index (χ3n) is 5.16. The molecule has 1 heterocycles. The van der Waals surface area contributed by atoms with E-state index in [0.29, 0.717) is 34.7 Å². The van der Waals surface area contributed by atoms with Gasteiger partial charge in [-0.2, -0.15) is 0 Å². The molecule has 8 nitrogen and oxygen atoms in total. The molecular weight excluding hydrogens is 436 g/mol. The lowest BCUT2D eigenvalue weighted by Crippen LogP contribution is -2.13. The number of benzene rings is 2. The summed E-state index contributed by atoms with van der Waals surface area (Å²) in [5.74, 6) is -0.349. The molecule has 0 atom stereocenters. The van der Waals surface area contributed by atoms with Crippen LogP contribution < -0.4 is 9.47 Å². The van der Waals surface area contributed by atoms with Gasteiger partial charge in [0.2, 0.25) is 0 Å². The molecule has 0 radical (unpaired) electrons. The number of ketones is 1. The van der Waals surface area contributed by atoms with E-state index in [1.165, 1.54) is 13.2 Å². The molecule has 8 heteroatoms. The van der Waals surface area contributed by atoms with Crippen LogP contribution in [-0.4, -0.2) is 39.0 Å². The summed E-state index contributed by atoms with van der Waals surface area (Å²) < 4.78 is 11.1. The number of phenolic OH excluding ortho intramolecular Hbond substituents is 1. The first-order chi connectivity index (χ1) is 16.0. The number of aromatic carboxylic acids is 1. The Morgan fingerprint density at radius 2 is 1.71 bits per heavy atom. The van der Waals surface area contributed by atoms with Gasteiger partial charge in [0.25, 0.3) is 0 Å². The van der Waals surface area contributed by atoms with Crippen LogP contribution in [0.25, 0.3) is 11.4 Å². The van der Waals surface area contributed by atoms with E-state index < -0.39 is 5.97 Å². The van der Waals surface area contributed by atoms with Gasteiger partial charge in [0.1, 0.15) is 29.4 Å². The molecule has 0 bridgehead atoms. The Labute approximate surface area is 198 Å². The van der Waals surface area contributed by atoms with E-state index in [1.54, 1.807) is 43.6 Å². The van der Waals surface area contributed by atoms with Crippen LogP contribution in [0.15, 0.2) is 42.7 Å².